The van der Waals surface area contributed by atoms with Gasteiger partial charge in [0.1, 0.15) is 11.0 Å². The van der Waals surface area contributed by atoms with E-state index in [9.17, 15) is 9.18 Å². The van der Waals surface area contributed by atoms with Gasteiger partial charge >= 0.3 is 0 Å². The average molecular weight is 372 g/mol. The summed E-state index contributed by atoms with van der Waals surface area (Å²) in [6.07, 6.45) is 0.940. The van der Waals surface area contributed by atoms with Crippen LogP contribution in [0.25, 0.3) is 0 Å². The first-order valence-electron chi connectivity index (χ1n) is 8.35. The fourth-order valence-electron chi connectivity index (χ4n) is 2.70. The number of hydrogen-bond acceptors (Lipinski definition) is 2. The fourth-order valence-corrected chi connectivity index (χ4v) is 3.02. The van der Waals surface area contributed by atoms with E-state index in [2.05, 4.69) is 17.3 Å². The van der Waals surface area contributed by atoms with Crippen LogP contribution >= 0.6 is 11.6 Å². The lowest BCUT2D eigenvalue weighted by atomic mass is 10.1. The molecule has 6 heteroatoms. The predicted octanol–water partition coefficient (Wildman–Crippen LogP) is 4.85. The molecule has 0 radical (unpaired) electrons. The quantitative estimate of drug-likeness (QED) is 0.697. The maximum Gasteiger partial charge on any atom is 0.260 e. The molecule has 3 rings (SSSR count). The summed E-state index contributed by atoms with van der Waals surface area (Å²) in [7, 11) is 0. The SMILES string of the molecule is CCc1ccc(NC(=O)c2c(C)nn(Cc3ccc(F)cc3)c2Cl)cc1. The Morgan fingerprint density at radius 1 is 1.12 bits per heavy atom. The van der Waals surface area contributed by atoms with Gasteiger partial charge in [-0.3, -0.25) is 4.79 Å². The molecule has 0 fully saturated rings. The number of halogens is 2. The van der Waals surface area contributed by atoms with Crippen molar-refractivity contribution in [1.29, 1.82) is 0 Å². The van der Waals surface area contributed by atoms with Crippen LogP contribution in [-0.2, 0) is 13.0 Å². The maximum atomic E-state index is 13.0. The summed E-state index contributed by atoms with van der Waals surface area (Å²) in [5.74, 6) is -0.604. The Morgan fingerprint density at radius 2 is 1.73 bits per heavy atom. The Morgan fingerprint density at radius 3 is 2.35 bits per heavy atom. The van der Waals surface area contributed by atoms with Crippen LogP contribution in [0.5, 0.6) is 0 Å². The zero-order chi connectivity index (χ0) is 18.7. The summed E-state index contributed by atoms with van der Waals surface area (Å²) in [5, 5.41) is 7.46. The first-order chi connectivity index (χ1) is 12.5. The standard InChI is InChI=1S/C20H19ClFN3O/c1-3-14-6-10-17(11-7-14)23-20(26)18-13(2)24-25(19(18)21)12-15-4-8-16(22)9-5-15/h4-11H,3,12H2,1-2H3,(H,23,26). The van der Waals surface area contributed by atoms with Crippen molar-refractivity contribution in [2.24, 2.45) is 0 Å². The van der Waals surface area contributed by atoms with E-state index in [4.69, 9.17) is 11.6 Å². The van der Waals surface area contributed by atoms with Crippen LogP contribution in [0.3, 0.4) is 0 Å². The zero-order valence-corrected chi connectivity index (χ0v) is 15.3. The molecule has 4 nitrogen and oxygen atoms in total. The minimum atomic E-state index is -0.304. The molecule has 1 heterocycles. The minimum absolute atomic E-state index is 0.259. The highest BCUT2D eigenvalue weighted by Gasteiger charge is 2.20. The molecule has 0 saturated carbocycles. The summed E-state index contributed by atoms with van der Waals surface area (Å²) in [6.45, 7) is 4.17. The van der Waals surface area contributed by atoms with Crippen LogP contribution in [0, 0.1) is 12.7 Å². The second-order valence-corrected chi connectivity index (χ2v) is 6.40. The smallest absolute Gasteiger partial charge is 0.260 e. The Balaban J connectivity index is 1.79. The van der Waals surface area contributed by atoms with Crippen molar-refractivity contribution in [2.45, 2.75) is 26.8 Å². The first kappa shape index (κ1) is 18.1. The van der Waals surface area contributed by atoms with E-state index < -0.39 is 0 Å². The lowest BCUT2D eigenvalue weighted by Crippen LogP contribution is -2.13. The third-order valence-corrected chi connectivity index (χ3v) is 4.54. The molecular formula is C20H19ClFN3O. The molecule has 26 heavy (non-hydrogen) atoms. The number of nitrogens with one attached hydrogen (secondary N) is 1. The summed E-state index contributed by atoms with van der Waals surface area (Å²) < 4.78 is 14.6. The molecular weight excluding hydrogens is 353 g/mol. The van der Waals surface area contributed by atoms with Crippen molar-refractivity contribution < 1.29 is 9.18 Å². The van der Waals surface area contributed by atoms with Gasteiger partial charge in [-0.25, -0.2) is 9.07 Å². The van der Waals surface area contributed by atoms with E-state index in [-0.39, 0.29) is 16.9 Å². The number of carbonyl (C=O) groups excluding carboxylic acids is 1. The van der Waals surface area contributed by atoms with Gasteiger partial charge in [0.25, 0.3) is 5.91 Å². The van der Waals surface area contributed by atoms with E-state index in [1.165, 1.54) is 17.7 Å². The summed E-state index contributed by atoms with van der Waals surface area (Å²) in [6, 6.07) is 13.8. The second-order valence-electron chi connectivity index (χ2n) is 6.04. The van der Waals surface area contributed by atoms with Gasteiger partial charge in [0.2, 0.25) is 0 Å². The summed E-state index contributed by atoms with van der Waals surface area (Å²) in [5.41, 5.74) is 3.63. The van der Waals surface area contributed by atoms with Gasteiger partial charge in [0.05, 0.1) is 17.8 Å². The van der Waals surface area contributed by atoms with Crippen LogP contribution in [0.1, 0.15) is 34.1 Å². The monoisotopic (exact) mass is 371 g/mol. The van der Waals surface area contributed by atoms with Gasteiger partial charge in [-0.2, -0.15) is 5.10 Å². The van der Waals surface area contributed by atoms with Crippen molar-refractivity contribution in [3.63, 3.8) is 0 Å². The van der Waals surface area contributed by atoms with Crippen molar-refractivity contribution >= 4 is 23.2 Å². The molecule has 0 spiro atoms. The third kappa shape index (κ3) is 3.94. The number of rotatable bonds is 5. The van der Waals surface area contributed by atoms with Crippen LogP contribution in [-0.4, -0.2) is 15.7 Å². The van der Waals surface area contributed by atoms with Crippen LogP contribution in [0.4, 0.5) is 10.1 Å². The molecule has 1 amide bonds. The fraction of sp³-hybridized carbons (Fsp3) is 0.200. The largest absolute Gasteiger partial charge is 0.322 e. The van der Waals surface area contributed by atoms with Crippen LogP contribution in [0.15, 0.2) is 48.5 Å². The molecule has 1 N–H and O–H groups in total. The van der Waals surface area contributed by atoms with Gasteiger partial charge in [-0.15, -0.1) is 0 Å². The van der Waals surface area contributed by atoms with Gasteiger partial charge in [0, 0.05) is 5.69 Å². The van der Waals surface area contributed by atoms with E-state index in [1.807, 2.05) is 24.3 Å². The van der Waals surface area contributed by atoms with Gasteiger partial charge in [-0.05, 0) is 48.7 Å². The number of benzene rings is 2. The normalized spacial score (nSPS) is 10.8. The molecule has 3 aromatic rings. The highest BCUT2D eigenvalue weighted by molar-refractivity contribution is 6.33. The Kier molecular flexibility index (Phi) is 5.38. The van der Waals surface area contributed by atoms with Crippen molar-refractivity contribution in [3.8, 4) is 0 Å². The van der Waals surface area contributed by atoms with E-state index in [1.54, 1.807) is 23.7 Å². The number of hydrogen-bond donors (Lipinski definition) is 1. The molecule has 0 aliphatic rings. The van der Waals surface area contributed by atoms with E-state index >= 15 is 0 Å². The number of nitrogens with zero attached hydrogens (tertiary/aromatic N) is 2. The molecule has 0 unspecified atom stereocenters. The number of amides is 1. The number of carbonyl (C=O) groups is 1. The zero-order valence-electron chi connectivity index (χ0n) is 14.6. The summed E-state index contributed by atoms with van der Waals surface area (Å²) in [4.78, 5) is 12.6. The van der Waals surface area contributed by atoms with Gasteiger partial charge in [-0.1, -0.05) is 42.8 Å². The van der Waals surface area contributed by atoms with Crippen molar-refractivity contribution in [2.75, 3.05) is 5.32 Å². The number of anilines is 1. The average Bonchev–Trinajstić information content (AvgIpc) is 2.91. The predicted molar refractivity (Wildman–Crippen MR) is 101 cm³/mol. The molecule has 134 valence electrons. The Labute approximate surface area is 156 Å². The number of aryl methyl sites for hydroxylation is 2. The molecule has 0 bridgehead atoms. The lowest BCUT2D eigenvalue weighted by Gasteiger charge is -2.07. The number of aromatic nitrogens is 2. The Bertz CT molecular complexity index is 917. The van der Waals surface area contributed by atoms with Crippen LogP contribution in [0.2, 0.25) is 5.15 Å². The highest BCUT2D eigenvalue weighted by atomic mass is 35.5. The van der Waals surface area contributed by atoms with E-state index in [0.717, 1.165) is 12.0 Å². The van der Waals surface area contributed by atoms with Crippen LogP contribution < -0.4 is 5.32 Å². The second kappa shape index (κ2) is 7.70. The van der Waals surface area contributed by atoms with Gasteiger partial charge < -0.3 is 5.32 Å². The first-order valence-corrected chi connectivity index (χ1v) is 8.73. The van der Waals surface area contributed by atoms with E-state index in [0.29, 0.717) is 23.5 Å². The maximum absolute atomic E-state index is 13.0. The third-order valence-electron chi connectivity index (χ3n) is 4.16. The molecule has 2 aromatic carbocycles. The van der Waals surface area contributed by atoms with Crippen molar-refractivity contribution in [3.05, 3.63) is 81.9 Å². The Hall–Kier alpha value is -2.66. The van der Waals surface area contributed by atoms with Gasteiger partial charge in [0.15, 0.2) is 0 Å². The molecule has 1 aromatic heterocycles. The highest BCUT2D eigenvalue weighted by Crippen LogP contribution is 2.22. The summed E-state index contributed by atoms with van der Waals surface area (Å²) >= 11 is 6.39. The molecule has 0 saturated heterocycles. The minimum Gasteiger partial charge on any atom is -0.322 e. The molecule has 0 aliphatic carbocycles. The topological polar surface area (TPSA) is 46.9 Å². The molecule has 0 aliphatic heterocycles. The lowest BCUT2D eigenvalue weighted by molar-refractivity contribution is 0.102. The van der Waals surface area contributed by atoms with Crippen molar-refractivity contribution in [1.82, 2.24) is 9.78 Å². The molecule has 0 atom stereocenters.